The highest BCUT2D eigenvalue weighted by atomic mass is 35.5. The molecule has 0 aliphatic carbocycles. The van der Waals surface area contributed by atoms with E-state index in [4.69, 9.17) is 16.3 Å². The van der Waals surface area contributed by atoms with Crippen LogP contribution in [0.1, 0.15) is 10.5 Å². The summed E-state index contributed by atoms with van der Waals surface area (Å²) in [5, 5.41) is 6.58. The maximum atomic E-state index is 11.6. The summed E-state index contributed by atoms with van der Waals surface area (Å²) in [7, 11) is 1.52. The van der Waals surface area contributed by atoms with Crippen LogP contribution in [0, 0.1) is 0 Å². The zero-order valence-corrected chi connectivity index (χ0v) is 9.69. The van der Waals surface area contributed by atoms with Crippen molar-refractivity contribution in [3.8, 4) is 5.75 Å². The number of halogens is 1. The second-order valence-corrected chi connectivity index (χ2v) is 3.60. The number of anilines is 1. The van der Waals surface area contributed by atoms with Gasteiger partial charge in [-0.1, -0.05) is 16.8 Å². The summed E-state index contributed by atoms with van der Waals surface area (Å²) in [4.78, 5) is 11.6. The third kappa shape index (κ3) is 2.57. The third-order valence-corrected chi connectivity index (χ3v) is 2.38. The van der Waals surface area contributed by atoms with Crippen LogP contribution in [0.2, 0.25) is 5.02 Å². The standard InChI is InChI=1S/C11H9ClN2O3/c1-16-10-3-2-7(6-8(10)12)13-11(15)9-4-5-17-14-9/h2-6H,1H3,(H,13,15). The average Bonchev–Trinajstić information content (AvgIpc) is 2.82. The van der Waals surface area contributed by atoms with E-state index in [2.05, 4.69) is 15.0 Å². The summed E-state index contributed by atoms with van der Waals surface area (Å²) >= 11 is 5.93. The van der Waals surface area contributed by atoms with E-state index in [1.165, 1.54) is 19.4 Å². The summed E-state index contributed by atoms with van der Waals surface area (Å²) in [6, 6.07) is 6.42. The molecule has 1 amide bonds. The molecular formula is C11H9ClN2O3. The Morgan fingerprint density at radius 3 is 2.88 bits per heavy atom. The Labute approximate surface area is 102 Å². The number of carbonyl (C=O) groups excluding carboxylic acids is 1. The summed E-state index contributed by atoms with van der Waals surface area (Å²) in [6.45, 7) is 0. The summed E-state index contributed by atoms with van der Waals surface area (Å²) in [5.41, 5.74) is 0.765. The molecule has 1 aromatic carbocycles. The van der Waals surface area contributed by atoms with Crippen LogP contribution in [0.15, 0.2) is 35.1 Å². The molecule has 1 N–H and O–H groups in total. The van der Waals surface area contributed by atoms with Crippen molar-refractivity contribution in [3.05, 3.63) is 41.2 Å². The molecule has 2 rings (SSSR count). The number of rotatable bonds is 3. The van der Waals surface area contributed by atoms with Gasteiger partial charge in [-0.15, -0.1) is 0 Å². The number of carbonyl (C=O) groups is 1. The lowest BCUT2D eigenvalue weighted by Crippen LogP contribution is -2.12. The first-order valence-electron chi connectivity index (χ1n) is 4.76. The molecule has 0 spiro atoms. The predicted molar refractivity (Wildman–Crippen MR) is 62.5 cm³/mol. The smallest absolute Gasteiger partial charge is 0.277 e. The van der Waals surface area contributed by atoms with E-state index in [0.717, 1.165) is 0 Å². The van der Waals surface area contributed by atoms with Crippen molar-refractivity contribution in [2.24, 2.45) is 0 Å². The van der Waals surface area contributed by atoms with Gasteiger partial charge in [0, 0.05) is 11.8 Å². The number of nitrogens with one attached hydrogen (secondary N) is 1. The topological polar surface area (TPSA) is 64.4 Å². The van der Waals surface area contributed by atoms with Crippen molar-refractivity contribution in [2.75, 3.05) is 12.4 Å². The van der Waals surface area contributed by atoms with Crippen molar-refractivity contribution in [1.29, 1.82) is 0 Å². The van der Waals surface area contributed by atoms with Gasteiger partial charge in [-0.05, 0) is 18.2 Å². The first kappa shape index (κ1) is 11.5. The second-order valence-electron chi connectivity index (χ2n) is 3.19. The minimum absolute atomic E-state index is 0.206. The van der Waals surface area contributed by atoms with Crippen LogP contribution in [-0.4, -0.2) is 18.2 Å². The van der Waals surface area contributed by atoms with Crippen molar-refractivity contribution < 1.29 is 14.1 Å². The maximum Gasteiger partial charge on any atom is 0.277 e. The molecule has 0 aliphatic heterocycles. The lowest BCUT2D eigenvalue weighted by molar-refractivity contribution is 0.101. The molecule has 17 heavy (non-hydrogen) atoms. The van der Waals surface area contributed by atoms with Gasteiger partial charge in [0.25, 0.3) is 5.91 Å². The van der Waals surface area contributed by atoms with Gasteiger partial charge in [-0.25, -0.2) is 0 Å². The fourth-order valence-electron chi connectivity index (χ4n) is 1.27. The van der Waals surface area contributed by atoms with Crippen LogP contribution >= 0.6 is 11.6 Å². The van der Waals surface area contributed by atoms with Gasteiger partial charge in [0.2, 0.25) is 0 Å². The first-order valence-corrected chi connectivity index (χ1v) is 5.14. The molecule has 1 heterocycles. The van der Waals surface area contributed by atoms with E-state index in [1.807, 2.05) is 0 Å². The Morgan fingerprint density at radius 2 is 2.29 bits per heavy atom. The molecule has 0 unspecified atom stereocenters. The van der Waals surface area contributed by atoms with E-state index in [1.54, 1.807) is 18.2 Å². The van der Waals surface area contributed by atoms with Gasteiger partial charge in [0.05, 0.1) is 12.1 Å². The Bertz CT molecular complexity index is 526. The Kier molecular flexibility index (Phi) is 3.30. The number of aromatic nitrogens is 1. The van der Waals surface area contributed by atoms with Crippen LogP contribution in [0.5, 0.6) is 5.75 Å². The summed E-state index contributed by atoms with van der Waals surface area (Å²) in [5.74, 6) is 0.186. The fourth-order valence-corrected chi connectivity index (χ4v) is 1.53. The number of nitrogens with zero attached hydrogens (tertiary/aromatic N) is 1. The van der Waals surface area contributed by atoms with Crippen LogP contribution in [0.3, 0.4) is 0 Å². The molecule has 88 valence electrons. The molecule has 0 atom stereocenters. The summed E-state index contributed by atoms with van der Waals surface area (Å²) < 4.78 is 9.58. The number of hydrogen-bond acceptors (Lipinski definition) is 4. The quantitative estimate of drug-likeness (QED) is 0.912. The number of ether oxygens (including phenoxy) is 1. The molecule has 0 saturated carbocycles. The molecule has 0 radical (unpaired) electrons. The average molecular weight is 253 g/mol. The van der Waals surface area contributed by atoms with Gasteiger partial charge in [-0.3, -0.25) is 4.79 Å². The molecule has 0 fully saturated rings. The zero-order chi connectivity index (χ0) is 12.3. The van der Waals surface area contributed by atoms with Gasteiger partial charge in [-0.2, -0.15) is 0 Å². The van der Waals surface area contributed by atoms with Gasteiger partial charge in [0.1, 0.15) is 12.0 Å². The van der Waals surface area contributed by atoms with E-state index in [-0.39, 0.29) is 11.6 Å². The normalized spacial score (nSPS) is 10.0. The molecule has 0 bridgehead atoms. The van der Waals surface area contributed by atoms with Crippen molar-refractivity contribution in [2.45, 2.75) is 0 Å². The number of amides is 1. The van der Waals surface area contributed by atoms with Gasteiger partial charge < -0.3 is 14.6 Å². The highest BCUT2D eigenvalue weighted by Gasteiger charge is 2.10. The zero-order valence-electron chi connectivity index (χ0n) is 8.94. The van der Waals surface area contributed by atoms with Crippen molar-refractivity contribution in [3.63, 3.8) is 0 Å². The Morgan fingerprint density at radius 1 is 1.47 bits per heavy atom. The summed E-state index contributed by atoms with van der Waals surface area (Å²) in [6.07, 6.45) is 1.33. The fraction of sp³-hybridized carbons (Fsp3) is 0.0909. The third-order valence-electron chi connectivity index (χ3n) is 2.08. The van der Waals surface area contributed by atoms with Crippen LogP contribution in [0.25, 0.3) is 0 Å². The Balaban J connectivity index is 2.14. The van der Waals surface area contributed by atoms with Crippen LogP contribution < -0.4 is 10.1 Å². The molecule has 2 aromatic rings. The van der Waals surface area contributed by atoms with E-state index in [9.17, 15) is 4.79 Å². The van der Waals surface area contributed by atoms with Gasteiger partial charge in [0.15, 0.2) is 5.69 Å². The molecular weight excluding hydrogens is 244 g/mol. The minimum atomic E-state index is -0.361. The second kappa shape index (κ2) is 4.88. The van der Waals surface area contributed by atoms with E-state index < -0.39 is 0 Å². The number of hydrogen-bond donors (Lipinski definition) is 1. The maximum absolute atomic E-state index is 11.6. The first-order chi connectivity index (χ1) is 8.20. The monoisotopic (exact) mass is 252 g/mol. The lowest BCUT2D eigenvalue weighted by Gasteiger charge is -2.06. The van der Waals surface area contributed by atoms with Crippen molar-refractivity contribution >= 4 is 23.2 Å². The highest BCUT2D eigenvalue weighted by Crippen LogP contribution is 2.27. The van der Waals surface area contributed by atoms with E-state index in [0.29, 0.717) is 16.5 Å². The Hall–Kier alpha value is -2.01. The SMILES string of the molecule is COc1ccc(NC(=O)c2ccon2)cc1Cl. The number of benzene rings is 1. The molecule has 5 nitrogen and oxygen atoms in total. The van der Waals surface area contributed by atoms with Crippen molar-refractivity contribution in [1.82, 2.24) is 5.16 Å². The molecule has 1 aromatic heterocycles. The lowest BCUT2D eigenvalue weighted by atomic mass is 10.3. The highest BCUT2D eigenvalue weighted by molar-refractivity contribution is 6.32. The van der Waals surface area contributed by atoms with Crippen LogP contribution in [-0.2, 0) is 0 Å². The largest absolute Gasteiger partial charge is 0.495 e. The van der Waals surface area contributed by atoms with E-state index >= 15 is 0 Å². The molecule has 6 heteroatoms. The van der Waals surface area contributed by atoms with Gasteiger partial charge >= 0.3 is 0 Å². The number of methoxy groups -OCH3 is 1. The minimum Gasteiger partial charge on any atom is -0.495 e. The predicted octanol–water partition coefficient (Wildman–Crippen LogP) is 2.59. The molecule has 0 saturated heterocycles. The molecule has 0 aliphatic rings. The van der Waals surface area contributed by atoms with Crippen LogP contribution in [0.4, 0.5) is 5.69 Å².